The molecule has 0 aliphatic heterocycles. The molecule has 2 rings (SSSR count). The van der Waals surface area contributed by atoms with E-state index in [0.717, 1.165) is 0 Å². The lowest BCUT2D eigenvalue weighted by molar-refractivity contribution is -0.174. The van der Waals surface area contributed by atoms with Crippen molar-refractivity contribution in [2.45, 2.75) is 25.6 Å². The topological polar surface area (TPSA) is 84.5 Å². The summed E-state index contributed by atoms with van der Waals surface area (Å²) < 4.78 is 43.0. The Hall–Kier alpha value is -3.36. The first-order valence-electron chi connectivity index (χ1n) is 8.52. The maximum atomic E-state index is 12.7. The Bertz CT molecular complexity index is 878. The molecule has 2 aromatic carbocycles. The number of nitrogens with one attached hydrogen (secondary N) is 2. The second-order valence-electron chi connectivity index (χ2n) is 6.18. The smallest absolute Gasteiger partial charge is 0.471 e. The van der Waals surface area contributed by atoms with E-state index in [0.29, 0.717) is 22.6 Å². The Morgan fingerprint density at radius 2 is 1.59 bits per heavy atom. The van der Waals surface area contributed by atoms with Crippen LogP contribution in [0, 0.1) is 0 Å². The van der Waals surface area contributed by atoms with Crippen LogP contribution in [0.5, 0.6) is 5.75 Å². The predicted octanol–water partition coefficient (Wildman–Crippen LogP) is 3.65. The molecule has 9 heteroatoms. The zero-order valence-corrected chi connectivity index (χ0v) is 15.7. The van der Waals surface area contributed by atoms with Crippen molar-refractivity contribution in [1.82, 2.24) is 5.32 Å². The van der Waals surface area contributed by atoms with Crippen LogP contribution in [0.3, 0.4) is 0 Å². The number of anilines is 1. The number of halogens is 3. The summed E-state index contributed by atoms with van der Waals surface area (Å²) in [6.07, 6.45) is -5.51. The van der Waals surface area contributed by atoms with Crippen LogP contribution in [0.4, 0.5) is 18.9 Å². The fourth-order valence-corrected chi connectivity index (χ4v) is 2.51. The van der Waals surface area contributed by atoms with Gasteiger partial charge in [-0.05, 0) is 48.9 Å². The van der Waals surface area contributed by atoms with Crippen molar-refractivity contribution in [2.24, 2.45) is 0 Å². The van der Waals surface area contributed by atoms with Gasteiger partial charge in [0.25, 0.3) is 0 Å². The van der Waals surface area contributed by atoms with E-state index in [9.17, 15) is 27.6 Å². The van der Waals surface area contributed by atoms with E-state index in [1.807, 2.05) is 5.32 Å². The highest BCUT2D eigenvalue weighted by atomic mass is 19.4. The van der Waals surface area contributed by atoms with Gasteiger partial charge in [0.2, 0.25) is 5.91 Å². The molecular formula is C20H19F3N2O4. The predicted molar refractivity (Wildman–Crippen MR) is 99.6 cm³/mol. The average molecular weight is 408 g/mol. The highest BCUT2D eigenvalue weighted by Crippen LogP contribution is 2.24. The Balaban J connectivity index is 2.15. The molecule has 0 aliphatic carbocycles. The third-order valence-corrected chi connectivity index (χ3v) is 4.05. The number of rotatable bonds is 7. The molecule has 0 radical (unpaired) electrons. The summed E-state index contributed by atoms with van der Waals surface area (Å²) in [5, 5.41) is 4.38. The molecule has 0 saturated heterocycles. The molecule has 0 saturated carbocycles. The quantitative estimate of drug-likeness (QED) is 0.685. The van der Waals surface area contributed by atoms with Crippen LogP contribution in [0.2, 0.25) is 0 Å². The summed E-state index contributed by atoms with van der Waals surface area (Å²) in [6, 6.07) is 10.8. The molecule has 1 atom stereocenters. The lowest BCUT2D eigenvalue weighted by Crippen LogP contribution is -2.40. The minimum atomic E-state index is -5.08. The summed E-state index contributed by atoms with van der Waals surface area (Å²) in [7, 11) is 1.43. The third kappa shape index (κ3) is 6.34. The molecule has 29 heavy (non-hydrogen) atoms. The molecule has 2 aromatic rings. The molecule has 0 aromatic heterocycles. The number of hydrogen-bond acceptors (Lipinski definition) is 4. The minimum absolute atomic E-state index is 0.141. The summed E-state index contributed by atoms with van der Waals surface area (Å²) in [5.41, 5.74) is 1.14. The number of Topliss-reactive ketones (excluding diaryl/α,β-unsaturated/α-hetero) is 1. The second-order valence-corrected chi connectivity index (χ2v) is 6.18. The van der Waals surface area contributed by atoms with Gasteiger partial charge in [-0.25, -0.2) is 0 Å². The molecular weight excluding hydrogens is 389 g/mol. The molecule has 2 N–H and O–H groups in total. The number of carbonyl (C=O) groups is 3. The number of hydrogen-bond donors (Lipinski definition) is 2. The molecule has 0 fully saturated rings. The number of benzene rings is 2. The van der Waals surface area contributed by atoms with Crippen LogP contribution < -0.4 is 15.4 Å². The first-order chi connectivity index (χ1) is 13.6. The molecule has 2 amide bonds. The molecule has 0 spiro atoms. The van der Waals surface area contributed by atoms with Gasteiger partial charge in [0.05, 0.1) is 19.6 Å². The monoisotopic (exact) mass is 408 g/mol. The van der Waals surface area contributed by atoms with Gasteiger partial charge in [-0.2, -0.15) is 13.2 Å². The van der Waals surface area contributed by atoms with Crippen molar-refractivity contribution >= 4 is 23.3 Å². The molecule has 0 heterocycles. The van der Waals surface area contributed by atoms with Crippen molar-refractivity contribution in [2.75, 3.05) is 12.4 Å². The van der Waals surface area contributed by atoms with Crippen LogP contribution in [0.1, 0.15) is 35.3 Å². The van der Waals surface area contributed by atoms with E-state index in [1.54, 1.807) is 0 Å². The van der Waals surface area contributed by atoms with Gasteiger partial charge >= 0.3 is 12.1 Å². The second kappa shape index (κ2) is 9.22. The SMILES string of the molecule is COc1ccc(C(CC(=O)Nc2ccc(C(C)=O)cc2)NC(=O)C(F)(F)F)cc1. The lowest BCUT2D eigenvalue weighted by Gasteiger charge is -2.20. The van der Waals surface area contributed by atoms with Crippen molar-refractivity contribution < 1.29 is 32.3 Å². The van der Waals surface area contributed by atoms with E-state index >= 15 is 0 Å². The molecule has 1 unspecified atom stereocenters. The highest BCUT2D eigenvalue weighted by Gasteiger charge is 2.40. The number of amides is 2. The van der Waals surface area contributed by atoms with Crippen LogP contribution >= 0.6 is 0 Å². The van der Waals surface area contributed by atoms with Gasteiger partial charge in [0.15, 0.2) is 5.78 Å². The number of alkyl halides is 3. The standard InChI is InChI=1S/C20H19F3N2O4/c1-12(26)13-3-7-15(8-4-13)24-18(27)11-17(25-19(28)20(21,22)23)14-5-9-16(29-2)10-6-14/h3-10,17H,11H2,1-2H3,(H,24,27)(H,25,28). The summed E-state index contributed by atoms with van der Waals surface area (Å²) in [6.45, 7) is 1.40. The number of ketones is 1. The molecule has 154 valence electrons. The summed E-state index contributed by atoms with van der Waals surface area (Å²) >= 11 is 0. The van der Waals surface area contributed by atoms with E-state index in [2.05, 4.69) is 5.32 Å². The fourth-order valence-electron chi connectivity index (χ4n) is 2.51. The maximum absolute atomic E-state index is 12.7. The average Bonchev–Trinajstić information content (AvgIpc) is 2.67. The van der Waals surface area contributed by atoms with Crippen LogP contribution in [-0.4, -0.2) is 30.9 Å². The Labute approximate surface area is 165 Å². The first-order valence-corrected chi connectivity index (χ1v) is 8.52. The van der Waals surface area contributed by atoms with Gasteiger partial charge in [-0.1, -0.05) is 12.1 Å². The number of methoxy groups -OCH3 is 1. The zero-order valence-electron chi connectivity index (χ0n) is 15.7. The lowest BCUT2D eigenvalue weighted by atomic mass is 10.0. The van der Waals surface area contributed by atoms with E-state index < -0.39 is 30.5 Å². The van der Waals surface area contributed by atoms with Crippen LogP contribution in [-0.2, 0) is 9.59 Å². The summed E-state index contributed by atoms with van der Waals surface area (Å²) in [4.78, 5) is 35.0. The Morgan fingerprint density at radius 3 is 2.07 bits per heavy atom. The van der Waals surface area contributed by atoms with E-state index in [-0.39, 0.29) is 5.78 Å². The van der Waals surface area contributed by atoms with E-state index in [4.69, 9.17) is 4.74 Å². The fraction of sp³-hybridized carbons (Fsp3) is 0.250. The van der Waals surface area contributed by atoms with Gasteiger partial charge in [-0.15, -0.1) is 0 Å². The van der Waals surface area contributed by atoms with E-state index in [1.165, 1.54) is 62.6 Å². The molecule has 6 nitrogen and oxygen atoms in total. The summed E-state index contributed by atoms with van der Waals surface area (Å²) in [5.74, 6) is -2.41. The first kappa shape index (κ1) is 21.9. The number of ether oxygens (including phenoxy) is 1. The van der Waals surface area contributed by atoms with Gasteiger partial charge in [-0.3, -0.25) is 14.4 Å². The third-order valence-electron chi connectivity index (χ3n) is 4.05. The molecule has 0 aliphatic rings. The van der Waals surface area contributed by atoms with Crippen LogP contribution in [0.25, 0.3) is 0 Å². The number of carbonyl (C=O) groups excluding carboxylic acids is 3. The van der Waals surface area contributed by atoms with Crippen molar-refractivity contribution in [3.8, 4) is 5.75 Å². The van der Waals surface area contributed by atoms with Crippen molar-refractivity contribution in [3.63, 3.8) is 0 Å². The maximum Gasteiger partial charge on any atom is 0.471 e. The Kier molecular flexibility index (Phi) is 6.98. The van der Waals surface area contributed by atoms with Gasteiger partial charge < -0.3 is 15.4 Å². The Morgan fingerprint density at radius 1 is 1.00 bits per heavy atom. The largest absolute Gasteiger partial charge is 0.497 e. The van der Waals surface area contributed by atoms with Crippen LogP contribution in [0.15, 0.2) is 48.5 Å². The molecule has 0 bridgehead atoms. The van der Waals surface area contributed by atoms with Gasteiger partial charge in [0.1, 0.15) is 5.75 Å². The zero-order chi connectivity index (χ0) is 21.6. The highest BCUT2D eigenvalue weighted by molar-refractivity contribution is 5.96. The van der Waals surface area contributed by atoms with Gasteiger partial charge in [0, 0.05) is 11.3 Å². The van der Waals surface area contributed by atoms with Crippen molar-refractivity contribution in [1.29, 1.82) is 0 Å². The normalized spacial score (nSPS) is 12.0. The minimum Gasteiger partial charge on any atom is -0.497 e. The van der Waals surface area contributed by atoms with Crippen molar-refractivity contribution in [3.05, 3.63) is 59.7 Å².